The standard InChI is InChI=1S/C31H32N2O2/c1-4-6-9-24-10-7-8-11-26(24)20-22(3)31(27(5-2)28-18-19-33-29(28)21-32)25-15-12-23(13-16-25)14-17-30(34)35/h7-8,10-20,33H,4-6,9H2,1-3H3,(H,34,35)/b17-14+,22-20+,31-27-. The molecule has 4 heteroatoms. The van der Waals surface area contributed by atoms with Gasteiger partial charge < -0.3 is 10.1 Å². The molecule has 0 spiro atoms. The van der Waals surface area contributed by atoms with Gasteiger partial charge in [-0.1, -0.05) is 74.9 Å². The molecule has 1 heterocycles. The first-order chi connectivity index (χ1) is 17.0. The Labute approximate surface area is 208 Å². The van der Waals surface area contributed by atoms with E-state index in [4.69, 9.17) is 5.11 Å². The van der Waals surface area contributed by atoms with E-state index in [0.29, 0.717) is 5.69 Å². The van der Waals surface area contributed by atoms with Crippen molar-refractivity contribution in [2.75, 3.05) is 0 Å². The molecule has 0 bridgehead atoms. The van der Waals surface area contributed by atoms with Crippen LogP contribution in [0.2, 0.25) is 0 Å². The number of hydrogen-bond acceptors (Lipinski definition) is 2. The van der Waals surface area contributed by atoms with Crippen molar-refractivity contribution >= 4 is 29.3 Å². The molecular formula is C31H32N2O2. The van der Waals surface area contributed by atoms with Crippen LogP contribution in [0.25, 0.3) is 23.3 Å². The van der Waals surface area contributed by atoms with E-state index in [9.17, 15) is 10.1 Å². The summed E-state index contributed by atoms with van der Waals surface area (Å²) < 4.78 is 0. The van der Waals surface area contributed by atoms with Gasteiger partial charge in [0.15, 0.2) is 0 Å². The van der Waals surface area contributed by atoms with Gasteiger partial charge in [-0.2, -0.15) is 5.26 Å². The number of carboxylic acids is 1. The average molecular weight is 465 g/mol. The second-order valence-electron chi connectivity index (χ2n) is 8.51. The molecule has 178 valence electrons. The number of carboxylic acid groups (broad SMARTS) is 1. The monoisotopic (exact) mass is 464 g/mol. The van der Waals surface area contributed by atoms with Crippen LogP contribution in [0.15, 0.2) is 72.4 Å². The van der Waals surface area contributed by atoms with Crippen LogP contribution in [-0.4, -0.2) is 16.1 Å². The molecule has 0 atom stereocenters. The normalized spacial score (nSPS) is 12.5. The fourth-order valence-electron chi connectivity index (χ4n) is 4.36. The van der Waals surface area contributed by atoms with Crippen molar-refractivity contribution in [1.82, 2.24) is 4.98 Å². The molecule has 35 heavy (non-hydrogen) atoms. The lowest BCUT2D eigenvalue weighted by molar-refractivity contribution is -0.131. The van der Waals surface area contributed by atoms with Crippen LogP contribution in [0.4, 0.5) is 0 Å². The Hall–Kier alpha value is -4.10. The second kappa shape index (κ2) is 12.4. The molecule has 0 aliphatic carbocycles. The average Bonchev–Trinajstić information content (AvgIpc) is 3.34. The number of unbranched alkanes of at least 4 members (excludes halogenated alkanes) is 1. The first-order valence-corrected chi connectivity index (χ1v) is 12.1. The number of aromatic nitrogens is 1. The third kappa shape index (κ3) is 6.49. The maximum absolute atomic E-state index is 10.9. The number of aryl methyl sites for hydroxylation is 1. The van der Waals surface area contributed by atoms with E-state index in [0.717, 1.165) is 65.2 Å². The quantitative estimate of drug-likeness (QED) is 0.238. The van der Waals surface area contributed by atoms with Crippen LogP contribution in [0, 0.1) is 11.3 Å². The van der Waals surface area contributed by atoms with E-state index in [1.165, 1.54) is 11.1 Å². The lowest BCUT2D eigenvalue weighted by Crippen LogP contribution is -1.97. The molecule has 0 fully saturated rings. The van der Waals surface area contributed by atoms with Gasteiger partial charge >= 0.3 is 5.97 Å². The highest BCUT2D eigenvalue weighted by molar-refractivity contribution is 6.01. The molecule has 0 amide bonds. The first-order valence-electron chi connectivity index (χ1n) is 12.1. The molecule has 4 nitrogen and oxygen atoms in total. The highest BCUT2D eigenvalue weighted by Crippen LogP contribution is 2.36. The van der Waals surface area contributed by atoms with Crippen LogP contribution in [0.3, 0.4) is 0 Å². The minimum Gasteiger partial charge on any atom is -0.478 e. The third-order valence-electron chi connectivity index (χ3n) is 6.08. The molecular weight excluding hydrogens is 432 g/mol. The molecule has 2 aromatic carbocycles. The summed E-state index contributed by atoms with van der Waals surface area (Å²) in [7, 11) is 0. The van der Waals surface area contributed by atoms with Crippen molar-refractivity contribution in [3.8, 4) is 6.07 Å². The SMILES string of the molecule is CCCCc1ccccc1/C=C(C)/C(=C(\CC)c1cc[nH]c1C#N)c1ccc(/C=C/C(=O)O)cc1. The van der Waals surface area contributed by atoms with Gasteiger partial charge in [0.2, 0.25) is 0 Å². The summed E-state index contributed by atoms with van der Waals surface area (Å²) in [6.45, 7) is 6.44. The van der Waals surface area contributed by atoms with Gasteiger partial charge in [0, 0.05) is 17.8 Å². The van der Waals surface area contributed by atoms with Crippen molar-refractivity contribution in [1.29, 1.82) is 5.26 Å². The second-order valence-corrected chi connectivity index (χ2v) is 8.51. The summed E-state index contributed by atoms with van der Waals surface area (Å²) >= 11 is 0. The van der Waals surface area contributed by atoms with Gasteiger partial charge in [-0.05, 0) is 77.3 Å². The molecule has 1 aromatic heterocycles. The highest BCUT2D eigenvalue weighted by atomic mass is 16.4. The number of hydrogen-bond donors (Lipinski definition) is 2. The predicted octanol–water partition coefficient (Wildman–Crippen LogP) is 7.75. The van der Waals surface area contributed by atoms with Crippen molar-refractivity contribution in [3.63, 3.8) is 0 Å². The Morgan fingerprint density at radius 2 is 1.83 bits per heavy atom. The van der Waals surface area contributed by atoms with Gasteiger partial charge in [0.25, 0.3) is 0 Å². The third-order valence-corrected chi connectivity index (χ3v) is 6.08. The van der Waals surface area contributed by atoms with Crippen molar-refractivity contribution in [2.24, 2.45) is 0 Å². The molecule has 0 aliphatic heterocycles. The Bertz CT molecular complexity index is 1300. The Morgan fingerprint density at radius 1 is 1.09 bits per heavy atom. The molecule has 3 aromatic rings. The van der Waals surface area contributed by atoms with E-state index in [1.807, 2.05) is 30.3 Å². The van der Waals surface area contributed by atoms with Gasteiger partial charge in [-0.25, -0.2) is 4.79 Å². The minimum absolute atomic E-state index is 0.552. The first kappa shape index (κ1) is 25.5. The summed E-state index contributed by atoms with van der Waals surface area (Å²) in [5.74, 6) is -0.972. The Morgan fingerprint density at radius 3 is 2.49 bits per heavy atom. The number of aliphatic carboxylic acids is 1. The molecule has 0 saturated carbocycles. The molecule has 0 radical (unpaired) electrons. The number of allylic oxidation sites excluding steroid dienone is 3. The van der Waals surface area contributed by atoms with Crippen LogP contribution in [-0.2, 0) is 11.2 Å². The van der Waals surface area contributed by atoms with Gasteiger partial charge in [-0.3, -0.25) is 0 Å². The Kier molecular flexibility index (Phi) is 9.03. The van der Waals surface area contributed by atoms with Crippen LogP contribution in [0.1, 0.15) is 73.5 Å². The number of nitriles is 1. The summed E-state index contributed by atoms with van der Waals surface area (Å²) in [5, 5.41) is 18.6. The van der Waals surface area contributed by atoms with Crippen molar-refractivity contribution in [3.05, 3.63) is 106 Å². The number of H-pyrrole nitrogens is 1. The van der Waals surface area contributed by atoms with Crippen LogP contribution in [0.5, 0.6) is 0 Å². The fraction of sp³-hybridized carbons (Fsp3) is 0.226. The van der Waals surface area contributed by atoms with Gasteiger partial charge in [0.05, 0.1) is 0 Å². The number of benzene rings is 2. The predicted molar refractivity (Wildman–Crippen MR) is 144 cm³/mol. The molecule has 0 saturated heterocycles. The zero-order chi connectivity index (χ0) is 25.2. The molecule has 0 aliphatic rings. The maximum atomic E-state index is 10.9. The maximum Gasteiger partial charge on any atom is 0.328 e. The minimum atomic E-state index is -0.972. The topological polar surface area (TPSA) is 76.9 Å². The summed E-state index contributed by atoms with van der Waals surface area (Å²) in [6, 6.07) is 20.6. The number of nitrogens with one attached hydrogen (secondary N) is 1. The van der Waals surface area contributed by atoms with E-state index in [2.05, 4.69) is 62.2 Å². The number of rotatable bonds is 10. The van der Waals surface area contributed by atoms with Crippen molar-refractivity contribution < 1.29 is 9.90 Å². The van der Waals surface area contributed by atoms with E-state index >= 15 is 0 Å². The van der Waals surface area contributed by atoms with Crippen LogP contribution < -0.4 is 0 Å². The fourth-order valence-corrected chi connectivity index (χ4v) is 4.36. The molecule has 0 unspecified atom stereocenters. The van der Waals surface area contributed by atoms with Crippen LogP contribution >= 0.6 is 0 Å². The highest BCUT2D eigenvalue weighted by Gasteiger charge is 2.16. The van der Waals surface area contributed by atoms with E-state index in [-0.39, 0.29) is 0 Å². The number of carbonyl (C=O) groups is 1. The van der Waals surface area contributed by atoms with Gasteiger partial charge in [0.1, 0.15) is 11.8 Å². The van der Waals surface area contributed by atoms with E-state index in [1.54, 1.807) is 12.3 Å². The number of aromatic amines is 1. The van der Waals surface area contributed by atoms with E-state index < -0.39 is 5.97 Å². The summed E-state index contributed by atoms with van der Waals surface area (Å²) in [4.78, 5) is 13.9. The molecule has 3 rings (SSSR count). The smallest absolute Gasteiger partial charge is 0.328 e. The summed E-state index contributed by atoms with van der Waals surface area (Å²) in [6.07, 6.45) is 10.9. The molecule has 2 N–H and O–H groups in total. The number of nitrogens with zero attached hydrogens (tertiary/aromatic N) is 1. The van der Waals surface area contributed by atoms with Gasteiger partial charge in [-0.15, -0.1) is 0 Å². The summed E-state index contributed by atoms with van der Waals surface area (Å²) in [5.41, 5.74) is 9.15. The Balaban J connectivity index is 2.19. The lowest BCUT2D eigenvalue weighted by Gasteiger charge is -2.17. The largest absolute Gasteiger partial charge is 0.478 e. The zero-order valence-electron chi connectivity index (χ0n) is 20.6. The van der Waals surface area contributed by atoms with Crippen molar-refractivity contribution in [2.45, 2.75) is 46.5 Å². The zero-order valence-corrected chi connectivity index (χ0v) is 20.6. The lowest BCUT2D eigenvalue weighted by atomic mass is 9.87.